The molecule has 0 amide bonds. The molecule has 0 fully saturated rings. The second-order valence-electron chi connectivity index (χ2n) is 8.17. The molecule has 2 aromatic heterocycles. The Hall–Kier alpha value is -4.63. The molecule has 2 heterocycles. The molecule has 0 aliphatic rings. The summed E-state index contributed by atoms with van der Waals surface area (Å²) in [4.78, 5) is 12.5. The average molecular weight is 440 g/mol. The highest BCUT2D eigenvalue weighted by atomic mass is 16.4. The Balaban J connectivity index is 1.49. The van der Waals surface area contributed by atoms with Gasteiger partial charge in [0.15, 0.2) is 5.58 Å². The Labute approximate surface area is 196 Å². The van der Waals surface area contributed by atoms with E-state index in [1.165, 1.54) is 6.07 Å². The van der Waals surface area contributed by atoms with Gasteiger partial charge in [0.25, 0.3) is 0 Å². The van der Waals surface area contributed by atoms with Crippen LogP contribution in [0.25, 0.3) is 56.3 Å². The van der Waals surface area contributed by atoms with Crippen molar-refractivity contribution in [1.29, 1.82) is 0 Å². The number of furan rings is 1. The molecule has 0 saturated heterocycles. The predicted octanol–water partition coefficient (Wildman–Crippen LogP) is 8.04. The molecule has 0 aliphatic carbocycles. The first-order valence-electron chi connectivity index (χ1n) is 11.1. The summed E-state index contributed by atoms with van der Waals surface area (Å²) >= 11 is 0. The maximum atomic E-state index is 12.5. The van der Waals surface area contributed by atoms with Gasteiger partial charge in [-0.3, -0.25) is 0 Å². The van der Waals surface area contributed by atoms with Crippen LogP contribution in [0.1, 0.15) is 11.1 Å². The predicted molar refractivity (Wildman–Crippen MR) is 138 cm³/mol. The van der Waals surface area contributed by atoms with E-state index in [0.29, 0.717) is 11.2 Å². The lowest BCUT2D eigenvalue weighted by atomic mass is 9.98. The third-order valence-corrected chi connectivity index (χ3v) is 6.04. The number of hydrogen-bond donors (Lipinski definition) is 0. The van der Waals surface area contributed by atoms with Crippen LogP contribution in [0.5, 0.6) is 0 Å². The smallest absolute Gasteiger partial charge is 0.336 e. The third-order valence-electron chi connectivity index (χ3n) is 6.04. The van der Waals surface area contributed by atoms with E-state index in [4.69, 9.17) is 8.83 Å². The summed E-state index contributed by atoms with van der Waals surface area (Å²) < 4.78 is 11.6. The second kappa shape index (κ2) is 8.38. The van der Waals surface area contributed by atoms with E-state index in [1.807, 2.05) is 72.8 Å². The SMILES string of the molecule is O=c1cc(/C=C/c2ccccc2)c2ccc3occ(-c4ccc(-c5ccccc5)cc4)c3c2o1. The minimum atomic E-state index is -0.390. The number of rotatable bonds is 4. The van der Waals surface area contributed by atoms with Crippen molar-refractivity contribution < 1.29 is 8.83 Å². The molecule has 0 spiro atoms. The van der Waals surface area contributed by atoms with E-state index in [0.717, 1.165) is 44.2 Å². The molecular weight excluding hydrogens is 420 g/mol. The van der Waals surface area contributed by atoms with E-state index < -0.39 is 0 Å². The zero-order chi connectivity index (χ0) is 22.9. The van der Waals surface area contributed by atoms with Crippen molar-refractivity contribution in [1.82, 2.24) is 0 Å². The van der Waals surface area contributed by atoms with Gasteiger partial charge in [-0.15, -0.1) is 0 Å². The maximum Gasteiger partial charge on any atom is 0.336 e. The summed E-state index contributed by atoms with van der Waals surface area (Å²) in [6.07, 6.45) is 5.68. The van der Waals surface area contributed by atoms with Gasteiger partial charge in [0, 0.05) is 17.0 Å². The van der Waals surface area contributed by atoms with Crippen LogP contribution in [0.15, 0.2) is 123 Å². The first kappa shape index (κ1) is 20.0. The third kappa shape index (κ3) is 3.63. The van der Waals surface area contributed by atoms with Crippen molar-refractivity contribution in [3.8, 4) is 22.3 Å². The molecule has 3 heteroatoms. The first-order valence-corrected chi connectivity index (χ1v) is 11.1. The lowest BCUT2D eigenvalue weighted by molar-refractivity contribution is 0.563. The summed E-state index contributed by atoms with van der Waals surface area (Å²) in [5.41, 5.74) is 6.90. The number of hydrogen-bond acceptors (Lipinski definition) is 3. The Morgan fingerprint density at radius 2 is 1.32 bits per heavy atom. The normalized spacial score (nSPS) is 11.5. The summed E-state index contributed by atoms with van der Waals surface area (Å²) in [5.74, 6) is 0. The van der Waals surface area contributed by atoms with E-state index in [2.05, 4.69) is 36.4 Å². The van der Waals surface area contributed by atoms with Crippen LogP contribution in [0.2, 0.25) is 0 Å². The zero-order valence-corrected chi connectivity index (χ0v) is 18.3. The van der Waals surface area contributed by atoms with Crippen LogP contribution >= 0.6 is 0 Å². The highest BCUT2D eigenvalue weighted by Crippen LogP contribution is 2.37. The molecule has 0 aliphatic heterocycles. The topological polar surface area (TPSA) is 43.4 Å². The Kier molecular flexibility index (Phi) is 4.93. The zero-order valence-electron chi connectivity index (χ0n) is 18.3. The first-order chi connectivity index (χ1) is 16.8. The van der Waals surface area contributed by atoms with E-state index >= 15 is 0 Å². The Bertz CT molecular complexity index is 1690. The number of fused-ring (bicyclic) bond motifs is 3. The van der Waals surface area contributed by atoms with Crippen molar-refractivity contribution in [2.24, 2.45) is 0 Å². The van der Waals surface area contributed by atoms with Gasteiger partial charge in [0.05, 0.1) is 11.6 Å². The summed E-state index contributed by atoms with van der Waals surface area (Å²) in [6.45, 7) is 0. The fraction of sp³-hybridized carbons (Fsp3) is 0. The van der Waals surface area contributed by atoms with Gasteiger partial charge >= 0.3 is 5.63 Å². The second-order valence-corrected chi connectivity index (χ2v) is 8.17. The maximum absolute atomic E-state index is 12.5. The molecule has 162 valence electrons. The highest BCUT2D eigenvalue weighted by molar-refractivity contribution is 6.11. The van der Waals surface area contributed by atoms with Crippen LogP contribution in [-0.4, -0.2) is 0 Å². The summed E-state index contributed by atoms with van der Waals surface area (Å²) in [5, 5.41) is 1.67. The molecule has 0 radical (unpaired) electrons. The molecule has 0 saturated carbocycles. The average Bonchev–Trinajstić information content (AvgIpc) is 3.33. The quantitative estimate of drug-likeness (QED) is 0.261. The molecular formula is C31H20O3. The molecule has 0 N–H and O–H groups in total. The highest BCUT2D eigenvalue weighted by Gasteiger charge is 2.16. The van der Waals surface area contributed by atoms with Gasteiger partial charge in [0.1, 0.15) is 5.58 Å². The van der Waals surface area contributed by atoms with Crippen LogP contribution in [0.3, 0.4) is 0 Å². The van der Waals surface area contributed by atoms with Gasteiger partial charge in [-0.2, -0.15) is 0 Å². The lowest BCUT2D eigenvalue weighted by Gasteiger charge is -2.06. The summed E-state index contributed by atoms with van der Waals surface area (Å²) in [6, 6.07) is 34.0. The standard InChI is InChI=1S/C31H20O3/c32-29-19-25(12-11-21-7-3-1-4-8-21)26-17-18-28-30(31(26)34-29)27(20-33-28)24-15-13-23(14-16-24)22-9-5-2-6-10-22/h1-20H/b12-11+. The molecule has 0 atom stereocenters. The minimum absolute atomic E-state index is 0.390. The van der Waals surface area contributed by atoms with E-state index in [1.54, 1.807) is 6.26 Å². The summed E-state index contributed by atoms with van der Waals surface area (Å²) in [7, 11) is 0. The van der Waals surface area contributed by atoms with Crippen molar-refractivity contribution in [3.05, 3.63) is 131 Å². The Morgan fingerprint density at radius 3 is 2.09 bits per heavy atom. The van der Waals surface area contributed by atoms with Crippen molar-refractivity contribution >= 4 is 34.1 Å². The Morgan fingerprint density at radius 1 is 0.647 bits per heavy atom. The minimum Gasteiger partial charge on any atom is -0.464 e. The van der Waals surface area contributed by atoms with Gasteiger partial charge < -0.3 is 8.83 Å². The molecule has 34 heavy (non-hydrogen) atoms. The van der Waals surface area contributed by atoms with Crippen molar-refractivity contribution in [2.45, 2.75) is 0 Å². The largest absolute Gasteiger partial charge is 0.464 e. The molecule has 4 aromatic carbocycles. The van der Waals surface area contributed by atoms with Crippen molar-refractivity contribution in [2.75, 3.05) is 0 Å². The van der Waals surface area contributed by atoms with Gasteiger partial charge in [-0.1, -0.05) is 97.1 Å². The van der Waals surface area contributed by atoms with Crippen LogP contribution < -0.4 is 5.63 Å². The van der Waals surface area contributed by atoms with Gasteiger partial charge in [-0.05, 0) is 39.9 Å². The number of benzene rings is 4. The monoisotopic (exact) mass is 440 g/mol. The van der Waals surface area contributed by atoms with Crippen LogP contribution in [-0.2, 0) is 0 Å². The van der Waals surface area contributed by atoms with E-state index in [9.17, 15) is 4.79 Å². The molecule has 3 nitrogen and oxygen atoms in total. The van der Waals surface area contributed by atoms with E-state index in [-0.39, 0.29) is 5.63 Å². The van der Waals surface area contributed by atoms with Gasteiger partial charge in [-0.25, -0.2) is 4.79 Å². The van der Waals surface area contributed by atoms with Crippen LogP contribution in [0.4, 0.5) is 0 Å². The van der Waals surface area contributed by atoms with Crippen molar-refractivity contribution in [3.63, 3.8) is 0 Å². The fourth-order valence-electron chi connectivity index (χ4n) is 4.34. The van der Waals surface area contributed by atoms with Crippen LogP contribution in [0, 0.1) is 0 Å². The fourth-order valence-corrected chi connectivity index (χ4v) is 4.34. The molecule has 0 bridgehead atoms. The lowest BCUT2D eigenvalue weighted by Crippen LogP contribution is -1.98. The van der Waals surface area contributed by atoms with Gasteiger partial charge in [0.2, 0.25) is 0 Å². The molecule has 6 rings (SSSR count). The molecule has 6 aromatic rings. The molecule has 0 unspecified atom stereocenters.